The Bertz CT molecular complexity index is 1040. The molecule has 1 aromatic heterocycles. The number of hydrogen-bond acceptors (Lipinski definition) is 6. The van der Waals surface area contributed by atoms with Crippen molar-refractivity contribution < 1.29 is 13.2 Å². The lowest BCUT2D eigenvalue weighted by Gasteiger charge is -2.10. The fraction of sp³-hybridized carbons (Fsp3) is 0.0556. The first-order valence-corrected chi connectivity index (χ1v) is 10.5. The van der Waals surface area contributed by atoms with Gasteiger partial charge in [0.05, 0.1) is 10.5 Å². The van der Waals surface area contributed by atoms with E-state index in [0.717, 1.165) is 4.90 Å². The van der Waals surface area contributed by atoms with Crippen molar-refractivity contribution in [3.05, 3.63) is 72.6 Å². The van der Waals surface area contributed by atoms with Gasteiger partial charge in [0, 0.05) is 23.0 Å². The number of nitrogens with zero attached hydrogens (tertiary/aromatic N) is 2. The summed E-state index contributed by atoms with van der Waals surface area (Å²) >= 11 is 1.48. The van der Waals surface area contributed by atoms with Crippen LogP contribution in [0.1, 0.15) is 10.4 Å². The van der Waals surface area contributed by atoms with Crippen molar-refractivity contribution in [2.24, 2.45) is 0 Å². The maximum absolute atomic E-state index is 12.4. The topological polar surface area (TPSA) is 101 Å². The van der Waals surface area contributed by atoms with E-state index in [1.807, 2.05) is 18.4 Å². The molecule has 0 bridgehead atoms. The first-order chi connectivity index (χ1) is 13.0. The van der Waals surface area contributed by atoms with Gasteiger partial charge in [0.2, 0.25) is 5.95 Å². The molecule has 0 radical (unpaired) electrons. The van der Waals surface area contributed by atoms with Gasteiger partial charge in [-0.05, 0) is 48.7 Å². The maximum atomic E-state index is 12.4. The molecule has 0 atom stereocenters. The minimum absolute atomic E-state index is 0.0106. The van der Waals surface area contributed by atoms with Crippen LogP contribution in [0.4, 0.5) is 11.6 Å². The molecule has 3 rings (SSSR count). The first-order valence-electron chi connectivity index (χ1n) is 7.84. The Kier molecular flexibility index (Phi) is 5.72. The van der Waals surface area contributed by atoms with E-state index in [0.29, 0.717) is 11.3 Å². The molecule has 0 aliphatic carbocycles. The number of benzene rings is 2. The number of hydrogen-bond donors (Lipinski definition) is 2. The van der Waals surface area contributed by atoms with E-state index in [9.17, 15) is 13.2 Å². The van der Waals surface area contributed by atoms with Gasteiger partial charge in [0.1, 0.15) is 0 Å². The summed E-state index contributed by atoms with van der Waals surface area (Å²) in [4.78, 5) is 21.0. The molecule has 0 saturated heterocycles. The molecule has 27 heavy (non-hydrogen) atoms. The molecule has 0 saturated carbocycles. The summed E-state index contributed by atoms with van der Waals surface area (Å²) in [6, 6.07) is 14.7. The van der Waals surface area contributed by atoms with Crippen molar-refractivity contribution in [2.45, 2.75) is 9.79 Å². The molecule has 138 valence electrons. The van der Waals surface area contributed by atoms with Gasteiger partial charge in [0.25, 0.3) is 15.9 Å². The highest BCUT2D eigenvalue weighted by Crippen LogP contribution is 2.22. The number of rotatable bonds is 6. The molecule has 0 spiro atoms. The molecule has 0 aliphatic rings. The van der Waals surface area contributed by atoms with Crippen molar-refractivity contribution >= 4 is 39.3 Å². The molecule has 0 unspecified atom stereocenters. The van der Waals surface area contributed by atoms with E-state index in [2.05, 4.69) is 20.0 Å². The summed E-state index contributed by atoms with van der Waals surface area (Å²) < 4.78 is 27.0. The fourth-order valence-corrected chi connectivity index (χ4v) is 3.83. The molecule has 7 nitrogen and oxygen atoms in total. The second-order valence-electron chi connectivity index (χ2n) is 5.36. The molecule has 1 heterocycles. The number of anilines is 2. The van der Waals surface area contributed by atoms with E-state index in [-0.39, 0.29) is 16.8 Å². The van der Waals surface area contributed by atoms with E-state index in [4.69, 9.17) is 0 Å². The normalized spacial score (nSPS) is 11.0. The van der Waals surface area contributed by atoms with Gasteiger partial charge >= 0.3 is 0 Å². The average molecular weight is 400 g/mol. The zero-order valence-electron chi connectivity index (χ0n) is 14.3. The van der Waals surface area contributed by atoms with Crippen LogP contribution < -0.4 is 10.0 Å². The van der Waals surface area contributed by atoms with Crippen LogP contribution >= 0.6 is 11.8 Å². The number of nitrogens with one attached hydrogen (secondary N) is 2. The number of amides is 1. The molecule has 0 fully saturated rings. The van der Waals surface area contributed by atoms with Crippen molar-refractivity contribution in [1.29, 1.82) is 0 Å². The summed E-state index contributed by atoms with van der Waals surface area (Å²) in [5.41, 5.74) is 1.05. The average Bonchev–Trinajstić information content (AvgIpc) is 2.68. The number of carbonyl (C=O) groups excluding carboxylic acids is 1. The number of thioether (sulfide) groups is 1. The standard InChI is InChI=1S/C18H16N4O3S2/c1-26-16-6-3-2-5-15(16)17(23)21-13-7-9-14(10-8-13)27(24,25)22-18-19-11-4-12-20-18/h2-12H,1H3,(H,21,23)(H,19,20,22). The summed E-state index contributed by atoms with van der Waals surface area (Å²) in [6.07, 6.45) is 4.78. The molecule has 9 heteroatoms. The third-order valence-corrected chi connectivity index (χ3v) is 5.71. The Morgan fingerprint density at radius 1 is 0.963 bits per heavy atom. The van der Waals surface area contributed by atoms with Crippen LogP contribution in [0.15, 0.2) is 76.8 Å². The minimum atomic E-state index is -3.81. The molecule has 2 aromatic carbocycles. The predicted octanol–water partition coefficient (Wildman–Crippen LogP) is 3.25. The summed E-state index contributed by atoms with van der Waals surface area (Å²) in [6.45, 7) is 0. The van der Waals surface area contributed by atoms with Gasteiger partial charge < -0.3 is 5.32 Å². The first kappa shape index (κ1) is 18.9. The summed E-state index contributed by atoms with van der Waals surface area (Å²) in [5, 5.41) is 2.77. The third kappa shape index (κ3) is 4.63. The van der Waals surface area contributed by atoms with Crippen LogP contribution in [-0.4, -0.2) is 30.5 Å². The maximum Gasteiger partial charge on any atom is 0.264 e. The third-order valence-electron chi connectivity index (χ3n) is 3.57. The Labute approximate surface area is 161 Å². The Morgan fingerprint density at radius 2 is 1.63 bits per heavy atom. The zero-order valence-corrected chi connectivity index (χ0v) is 15.9. The van der Waals surface area contributed by atoms with Gasteiger partial charge in [-0.3, -0.25) is 4.79 Å². The molecular formula is C18H16N4O3S2. The van der Waals surface area contributed by atoms with Crippen LogP contribution in [0.25, 0.3) is 0 Å². The van der Waals surface area contributed by atoms with Crippen LogP contribution in [0.3, 0.4) is 0 Å². The monoisotopic (exact) mass is 400 g/mol. The smallest absolute Gasteiger partial charge is 0.264 e. The number of carbonyl (C=O) groups is 1. The minimum Gasteiger partial charge on any atom is -0.322 e. The fourth-order valence-electron chi connectivity index (χ4n) is 2.28. The van der Waals surface area contributed by atoms with Crippen molar-refractivity contribution in [1.82, 2.24) is 9.97 Å². The molecule has 2 N–H and O–H groups in total. The Balaban J connectivity index is 1.74. The molecule has 0 aliphatic heterocycles. The van der Waals surface area contributed by atoms with Gasteiger partial charge in [-0.2, -0.15) is 0 Å². The second kappa shape index (κ2) is 8.19. The number of aromatic nitrogens is 2. The number of sulfonamides is 1. The van der Waals surface area contributed by atoms with Gasteiger partial charge in [-0.1, -0.05) is 12.1 Å². The van der Waals surface area contributed by atoms with Crippen molar-refractivity contribution in [2.75, 3.05) is 16.3 Å². The lowest BCUT2D eigenvalue weighted by Crippen LogP contribution is -2.15. The van der Waals surface area contributed by atoms with Crippen molar-refractivity contribution in [3.63, 3.8) is 0 Å². The van der Waals surface area contributed by atoms with Gasteiger partial charge in [-0.25, -0.2) is 23.1 Å². The Morgan fingerprint density at radius 3 is 2.30 bits per heavy atom. The zero-order chi connectivity index (χ0) is 19.3. The van der Waals surface area contributed by atoms with Gasteiger partial charge in [0.15, 0.2) is 0 Å². The highest BCUT2D eigenvalue weighted by atomic mass is 32.2. The highest BCUT2D eigenvalue weighted by molar-refractivity contribution is 7.98. The Hall–Kier alpha value is -2.91. The highest BCUT2D eigenvalue weighted by Gasteiger charge is 2.16. The quantitative estimate of drug-likeness (QED) is 0.616. The molecule has 3 aromatic rings. The predicted molar refractivity (Wildman–Crippen MR) is 105 cm³/mol. The van der Waals surface area contributed by atoms with E-state index in [1.165, 1.54) is 48.4 Å². The van der Waals surface area contributed by atoms with Crippen LogP contribution in [0.5, 0.6) is 0 Å². The second-order valence-corrected chi connectivity index (χ2v) is 7.89. The van der Waals surface area contributed by atoms with Crippen LogP contribution in [-0.2, 0) is 10.0 Å². The van der Waals surface area contributed by atoms with Gasteiger partial charge in [-0.15, -0.1) is 11.8 Å². The largest absolute Gasteiger partial charge is 0.322 e. The lowest BCUT2D eigenvalue weighted by molar-refractivity contribution is 0.102. The van der Waals surface area contributed by atoms with E-state index in [1.54, 1.807) is 18.2 Å². The van der Waals surface area contributed by atoms with Crippen LogP contribution in [0.2, 0.25) is 0 Å². The van der Waals surface area contributed by atoms with Crippen molar-refractivity contribution in [3.8, 4) is 0 Å². The van der Waals surface area contributed by atoms with Crippen LogP contribution in [0, 0.1) is 0 Å². The SMILES string of the molecule is CSc1ccccc1C(=O)Nc1ccc(S(=O)(=O)Nc2ncccn2)cc1. The van der Waals surface area contributed by atoms with E-state index < -0.39 is 10.0 Å². The lowest BCUT2D eigenvalue weighted by atomic mass is 10.2. The molecule has 1 amide bonds. The van der Waals surface area contributed by atoms with E-state index >= 15 is 0 Å². The molecular weight excluding hydrogens is 384 g/mol. The summed E-state index contributed by atoms with van der Waals surface area (Å²) in [5.74, 6) is -0.269. The summed E-state index contributed by atoms with van der Waals surface area (Å²) in [7, 11) is -3.81.